The average molecular weight is 228 g/mol. The molecule has 0 saturated heterocycles. The van der Waals surface area contributed by atoms with Gasteiger partial charge in [-0.15, -0.1) is 0 Å². The zero-order valence-corrected chi connectivity index (χ0v) is 8.67. The van der Waals surface area contributed by atoms with E-state index in [1.807, 2.05) is 0 Å². The molecule has 1 N–H and O–H groups in total. The Balaban J connectivity index is 2.92. The van der Waals surface area contributed by atoms with E-state index in [-0.39, 0.29) is 0 Å². The van der Waals surface area contributed by atoms with Gasteiger partial charge in [0.1, 0.15) is 0 Å². The van der Waals surface area contributed by atoms with E-state index in [1.165, 1.54) is 18.4 Å². The molecule has 0 radical (unpaired) electrons. The van der Waals surface area contributed by atoms with Crippen molar-refractivity contribution >= 4 is 11.9 Å². The van der Waals surface area contributed by atoms with Crippen molar-refractivity contribution in [2.45, 2.75) is 13.1 Å². The molecule has 0 aliphatic rings. The molecule has 0 unspecified atom stereocenters. The Bertz CT molecular complexity index is 408. The number of aryl methyl sites for hydroxylation is 1. The summed E-state index contributed by atoms with van der Waals surface area (Å²) in [5.41, 5.74) is 2.98. The van der Waals surface area contributed by atoms with Crippen LogP contribution in [0.5, 0.6) is 0 Å². The zero-order chi connectivity index (χ0) is 12.2. The lowest BCUT2D eigenvalue weighted by Gasteiger charge is -2.10. The Morgan fingerprint density at radius 3 is 2.56 bits per heavy atom. The van der Waals surface area contributed by atoms with Crippen molar-refractivity contribution in [2.75, 3.05) is 5.43 Å². The first-order chi connectivity index (χ1) is 7.45. The molecular formula is C11H11F3N2. The number of anilines is 1. The van der Waals surface area contributed by atoms with Crippen LogP contribution in [0.2, 0.25) is 0 Å². The number of hydrogen-bond acceptors (Lipinski definition) is 2. The summed E-state index contributed by atoms with van der Waals surface area (Å²) >= 11 is 0. The van der Waals surface area contributed by atoms with Crippen LogP contribution in [0.3, 0.4) is 0 Å². The molecule has 0 spiro atoms. The normalized spacial score (nSPS) is 11.8. The maximum absolute atomic E-state index is 12.3. The minimum absolute atomic E-state index is 0.482. The van der Waals surface area contributed by atoms with Crippen LogP contribution in [0, 0.1) is 6.92 Å². The van der Waals surface area contributed by atoms with Crippen molar-refractivity contribution in [2.24, 2.45) is 5.10 Å². The van der Waals surface area contributed by atoms with Crippen molar-refractivity contribution in [3.8, 4) is 0 Å². The first kappa shape index (κ1) is 12.3. The van der Waals surface area contributed by atoms with Gasteiger partial charge in [0, 0.05) is 6.21 Å². The van der Waals surface area contributed by atoms with E-state index in [1.54, 1.807) is 6.92 Å². The van der Waals surface area contributed by atoms with Gasteiger partial charge in [-0.25, -0.2) is 0 Å². The molecule has 0 amide bonds. The lowest BCUT2D eigenvalue weighted by Crippen LogP contribution is -2.05. The highest BCUT2D eigenvalue weighted by Gasteiger charge is 2.30. The van der Waals surface area contributed by atoms with E-state index < -0.39 is 11.7 Å². The number of benzene rings is 1. The number of alkyl halides is 3. The Hall–Kier alpha value is -1.78. The second kappa shape index (κ2) is 4.83. The van der Waals surface area contributed by atoms with Crippen molar-refractivity contribution in [3.05, 3.63) is 42.0 Å². The molecule has 0 aromatic heterocycles. The maximum Gasteiger partial charge on any atom is 0.416 e. The van der Waals surface area contributed by atoms with Crippen molar-refractivity contribution in [1.29, 1.82) is 0 Å². The van der Waals surface area contributed by atoms with E-state index in [0.29, 0.717) is 11.3 Å². The van der Waals surface area contributed by atoms with Crippen molar-refractivity contribution < 1.29 is 13.2 Å². The quantitative estimate of drug-likeness (QED) is 0.620. The second-order valence-electron chi connectivity index (χ2n) is 3.15. The fourth-order valence-corrected chi connectivity index (χ4v) is 1.12. The molecule has 1 rings (SSSR count). The summed E-state index contributed by atoms with van der Waals surface area (Å²) < 4.78 is 37.0. The van der Waals surface area contributed by atoms with Gasteiger partial charge in [0.05, 0.1) is 11.3 Å². The SMILES string of the molecule is C=C/C=N\Nc1ccc(C(F)(F)F)cc1C. The predicted molar refractivity (Wildman–Crippen MR) is 58.5 cm³/mol. The number of nitrogens with one attached hydrogen (secondary N) is 1. The molecule has 0 saturated carbocycles. The Labute approximate surface area is 91.5 Å². The lowest BCUT2D eigenvalue weighted by atomic mass is 10.1. The van der Waals surface area contributed by atoms with E-state index in [2.05, 4.69) is 17.1 Å². The molecule has 86 valence electrons. The third-order valence-electron chi connectivity index (χ3n) is 1.92. The van der Waals surface area contributed by atoms with Gasteiger partial charge in [0.25, 0.3) is 0 Å². The molecule has 0 aliphatic carbocycles. The minimum atomic E-state index is -4.31. The van der Waals surface area contributed by atoms with Gasteiger partial charge in [-0.05, 0) is 36.8 Å². The molecule has 0 atom stereocenters. The number of hydrogen-bond donors (Lipinski definition) is 1. The van der Waals surface area contributed by atoms with Crippen LogP contribution in [0.1, 0.15) is 11.1 Å². The highest BCUT2D eigenvalue weighted by Crippen LogP contribution is 2.31. The topological polar surface area (TPSA) is 24.4 Å². The van der Waals surface area contributed by atoms with Gasteiger partial charge in [-0.1, -0.05) is 6.58 Å². The molecule has 16 heavy (non-hydrogen) atoms. The predicted octanol–water partition coefficient (Wildman–Crippen LogP) is 3.60. The van der Waals surface area contributed by atoms with Crippen LogP contribution in [0.4, 0.5) is 18.9 Å². The Kier molecular flexibility index (Phi) is 3.71. The van der Waals surface area contributed by atoms with Crippen LogP contribution >= 0.6 is 0 Å². The first-order valence-corrected chi connectivity index (χ1v) is 4.53. The summed E-state index contributed by atoms with van der Waals surface area (Å²) in [4.78, 5) is 0. The number of halogens is 3. The number of rotatable bonds is 3. The summed E-state index contributed by atoms with van der Waals surface area (Å²) in [6, 6.07) is 3.43. The largest absolute Gasteiger partial charge is 0.416 e. The molecule has 2 nitrogen and oxygen atoms in total. The van der Waals surface area contributed by atoms with E-state index in [9.17, 15) is 13.2 Å². The Morgan fingerprint density at radius 1 is 1.38 bits per heavy atom. The van der Waals surface area contributed by atoms with Gasteiger partial charge >= 0.3 is 6.18 Å². The fourth-order valence-electron chi connectivity index (χ4n) is 1.12. The fraction of sp³-hybridized carbons (Fsp3) is 0.182. The maximum atomic E-state index is 12.3. The molecule has 0 aliphatic heterocycles. The highest BCUT2D eigenvalue weighted by atomic mass is 19.4. The Morgan fingerprint density at radius 2 is 2.06 bits per heavy atom. The monoisotopic (exact) mass is 228 g/mol. The van der Waals surface area contributed by atoms with Gasteiger partial charge < -0.3 is 0 Å². The number of allylic oxidation sites excluding steroid dienone is 1. The third-order valence-corrected chi connectivity index (χ3v) is 1.92. The van der Waals surface area contributed by atoms with E-state index in [0.717, 1.165) is 12.1 Å². The van der Waals surface area contributed by atoms with Gasteiger partial charge in [-0.2, -0.15) is 18.3 Å². The van der Waals surface area contributed by atoms with Gasteiger partial charge in [0.2, 0.25) is 0 Å². The molecule has 1 aromatic carbocycles. The molecule has 0 heterocycles. The van der Waals surface area contributed by atoms with E-state index in [4.69, 9.17) is 0 Å². The minimum Gasteiger partial charge on any atom is -0.278 e. The third kappa shape index (κ3) is 3.12. The number of nitrogens with zero attached hydrogens (tertiary/aromatic N) is 1. The standard InChI is InChI=1S/C11H11F3N2/c1-3-6-15-16-10-5-4-9(7-8(10)2)11(12,13)14/h3-7,16H,1H2,2H3/b15-6-. The van der Waals surface area contributed by atoms with Crippen LogP contribution in [0.25, 0.3) is 0 Å². The number of hydrazone groups is 1. The molecular weight excluding hydrogens is 217 g/mol. The summed E-state index contributed by atoms with van der Waals surface area (Å²) in [5, 5.41) is 3.74. The van der Waals surface area contributed by atoms with Crippen LogP contribution < -0.4 is 5.43 Å². The first-order valence-electron chi connectivity index (χ1n) is 4.53. The van der Waals surface area contributed by atoms with Crippen molar-refractivity contribution in [3.63, 3.8) is 0 Å². The summed E-state index contributed by atoms with van der Waals surface area (Å²) in [6.07, 6.45) is -1.43. The second-order valence-corrected chi connectivity index (χ2v) is 3.15. The molecule has 0 fully saturated rings. The summed E-state index contributed by atoms with van der Waals surface area (Å²) in [7, 11) is 0. The zero-order valence-electron chi connectivity index (χ0n) is 8.67. The summed E-state index contributed by atoms with van der Waals surface area (Å²) in [5.74, 6) is 0. The van der Waals surface area contributed by atoms with E-state index >= 15 is 0 Å². The highest BCUT2D eigenvalue weighted by molar-refractivity contribution is 5.71. The van der Waals surface area contributed by atoms with Crippen LogP contribution in [-0.2, 0) is 6.18 Å². The smallest absolute Gasteiger partial charge is 0.278 e. The molecule has 0 bridgehead atoms. The lowest BCUT2D eigenvalue weighted by molar-refractivity contribution is -0.137. The van der Waals surface area contributed by atoms with Crippen LogP contribution in [0.15, 0.2) is 36.0 Å². The molecule has 5 heteroatoms. The van der Waals surface area contributed by atoms with Gasteiger partial charge in [0.15, 0.2) is 0 Å². The molecule has 1 aromatic rings. The summed E-state index contributed by atoms with van der Waals surface area (Å²) in [6.45, 7) is 5.01. The average Bonchev–Trinajstić information content (AvgIpc) is 2.19. The van der Waals surface area contributed by atoms with Crippen LogP contribution in [-0.4, -0.2) is 6.21 Å². The van der Waals surface area contributed by atoms with Gasteiger partial charge in [-0.3, -0.25) is 5.43 Å². The van der Waals surface area contributed by atoms with Crippen molar-refractivity contribution in [1.82, 2.24) is 0 Å².